The monoisotopic (exact) mass is 158 g/mol. The molecule has 51 valence electrons. The third-order valence-electron chi connectivity index (χ3n) is 1.54. The lowest BCUT2D eigenvalue weighted by Crippen LogP contribution is -1.71. The molecule has 1 heterocycles. The van der Waals surface area contributed by atoms with Crippen molar-refractivity contribution in [1.29, 1.82) is 5.26 Å². The van der Waals surface area contributed by atoms with Crippen molar-refractivity contribution >= 4 is 21.4 Å². The molecule has 0 bridgehead atoms. The Morgan fingerprint density at radius 1 is 1.45 bits per heavy atom. The van der Waals surface area contributed by atoms with Gasteiger partial charge in [0.25, 0.3) is 0 Å². The maximum atomic E-state index is 8.69. The van der Waals surface area contributed by atoms with Crippen molar-refractivity contribution in [3.8, 4) is 6.07 Å². The van der Waals surface area contributed by atoms with Crippen molar-refractivity contribution in [2.24, 2.45) is 0 Å². The Morgan fingerprint density at radius 3 is 3.18 bits per heavy atom. The molecule has 2 heteroatoms. The summed E-state index contributed by atoms with van der Waals surface area (Å²) < 4.78 is 1.13. The van der Waals surface area contributed by atoms with Crippen LogP contribution in [0.4, 0.5) is 0 Å². The van der Waals surface area contributed by atoms with Gasteiger partial charge in [-0.15, -0.1) is 11.3 Å². The van der Waals surface area contributed by atoms with E-state index in [9.17, 15) is 0 Å². The molecule has 1 radical (unpaired) electrons. The van der Waals surface area contributed by atoms with E-state index in [4.69, 9.17) is 5.26 Å². The fourth-order valence-corrected chi connectivity index (χ4v) is 1.77. The van der Waals surface area contributed by atoms with Crippen LogP contribution in [0, 0.1) is 17.4 Å². The second kappa shape index (κ2) is 2.37. The predicted octanol–water partition coefficient (Wildman–Crippen LogP) is 2.57. The van der Waals surface area contributed by atoms with Crippen molar-refractivity contribution in [1.82, 2.24) is 0 Å². The molecule has 0 spiro atoms. The molecule has 0 aliphatic carbocycles. The lowest BCUT2D eigenvalue weighted by Gasteiger charge is -1.88. The van der Waals surface area contributed by atoms with Gasteiger partial charge in [0.2, 0.25) is 0 Å². The van der Waals surface area contributed by atoms with Crippen molar-refractivity contribution in [3.63, 3.8) is 0 Å². The van der Waals surface area contributed by atoms with Crippen molar-refractivity contribution in [2.75, 3.05) is 0 Å². The number of fused-ring (bicyclic) bond motifs is 1. The minimum absolute atomic E-state index is 0.712. The third kappa shape index (κ3) is 0.903. The minimum atomic E-state index is 0.712. The van der Waals surface area contributed by atoms with Gasteiger partial charge in [-0.05, 0) is 17.5 Å². The van der Waals surface area contributed by atoms with Crippen LogP contribution in [0.15, 0.2) is 23.6 Å². The summed E-state index contributed by atoms with van der Waals surface area (Å²) in [7, 11) is 0. The Bertz CT molecular complexity index is 422. The summed E-state index contributed by atoms with van der Waals surface area (Å²) in [5, 5.41) is 11.5. The van der Waals surface area contributed by atoms with Gasteiger partial charge in [-0.25, -0.2) is 0 Å². The van der Waals surface area contributed by atoms with Gasteiger partial charge in [0.1, 0.15) is 0 Å². The first-order valence-corrected chi connectivity index (χ1v) is 4.08. The summed E-state index contributed by atoms with van der Waals surface area (Å²) in [5.41, 5.74) is 0.712. The van der Waals surface area contributed by atoms with E-state index in [1.54, 1.807) is 11.3 Å². The van der Waals surface area contributed by atoms with E-state index in [0.717, 1.165) is 10.1 Å². The Morgan fingerprint density at radius 2 is 2.36 bits per heavy atom. The first-order chi connectivity index (χ1) is 5.42. The SMILES string of the molecule is N#Cc1cccc2sc[c]c12. The Hall–Kier alpha value is -1.33. The molecule has 0 saturated carbocycles. The second-order valence-corrected chi connectivity index (χ2v) is 3.08. The molecular formula is C9H4NS. The Labute approximate surface area is 68.5 Å². The zero-order chi connectivity index (χ0) is 7.68. The molecule has 1 aromatic carbocycles. The van der Waals surface area contributed by atoms with Crippen LogP contribution in [0.1, 0.15) is 5.56 Å². The quantitative estimate of drug-likeness (QED) is 0.578. The number of hydrogen-bond acceptors (Lipinski definition) is 2. The summed E-state index contributed by atoms with van der Waals surface area (Å²) >= 11 is 1.61. The van der Waals surface area contributed by atoms with Crippen LogP contribution in [0.3, 0.4) is 0 Å². The number of benzene rings is 1. The number of nitriles is 1. The topological polar surface area (TPSA) is 23.8 Å². The van der Waals surface area contributed by atoms with Gasteiger partial charge in [0.05, 0.1) is 11.6 Å². The number of hydrogen-bond donors (Lipinski definition) is 0. The van der Waals surface area contributed by atoms with E-state index in [1.807, 2.05) is 23.6 Å². The first-order valence-electron chi connectivity index (χ1n) is 3.20. The Balaban J connectivity index is 2.92. The maximum absolute atomic E-state index is 8.69. The van der Waals surface area contributed by atoms with E-state index in [1.165, 1.54) is 0 Å². The van der Waals surface area contributed by atoms with Gasteiger partial charge in [-0.2, -0.15) is 5.26 Å². The van der Waals surface area contributed by atoms with E-state index < -0.39 is 0 Å². The molecule has 0 aliphatic rings. The maximum Gasteiger partial charge on any atom is 0.0998 e. The van der Waals surface area contributed by atoms with Crippen LogP contribution in [0.5, 0.6) is 0 Å². The number of thiophene rings is 1. The molecule has 0 atom stereocenters. The molecule has 0 fully saturated rings. The van der Waals surface area contributed by atoms with E-state index in [-0.39, 0.29) is 0 Å². The van der Waals surface area contributed by atoms with Gasteiger partial charge in [-0.1, -0.05) is 6.07 Å². The highest BCUT2D eigenvalue weighted by atomic mass is 32.1. The largest absolute Gasteiger partial charge is 0.192 e. The molecule has 0 unspecified atom stereocenters. The molecule has 11 heavy (non-hydrogen) atoms. The van der Waals surface area contributed by atoms with Crippen molar-refractivity contribution < 1.29 is 0 Å². The normalized spacial score (nSPS) is 9.73. The lowest BCUT2D eigenvalue weighted by molar-refractivity contribution is 1.51. The van der Waals surface area contributed by atoms with E-state index in [2.05, 4.69) is 12.1 Å². The predicted molar refractivity (Wildman–Crippen MR) is 45.4 cm³/mol. The Kier molecular flexibility index (Phi) is 1.38. The molecule has 0 amide bonds. The summed E-state index contributed by atoms with van der Waals surface area (Å²) in [4.78, 5) is 0. The van der Waals surface area contributed by atoms with Crippen LogP contribution < -0.4 is 0 Å². The highest BCUT2D eigenvalue weighted by Gasteiger charge is 1.98. The summed E-state index contributed by atoms with van der Waals surface area (Å²) in [6, 6.07) is 10.9. The van der Waals surface area contributed by atoms with Gasteiger partial charge in [0.15, 0.2) is 0 Å². The zero-order valence-electron chi connectivity index (χ0n) is 5.66. The fourth-order valence-electron chi connectivity index (χ4n) is 1.02. The molecule has 2 aromatic rings. The first kappa shape index (κ1) is 6.38. The van der Waals surface area contributed by atoms with Crippen LogP contribution in [0.2, 0.25) is 0 Å². The van der Waals surface area contributed by atoms with Gasteiger partial charge < -0.3 is 0 Å². The zero-order valence-corrected chi connectivity index (χ0v) is 6.48. The van der Waals surface area contributed by atoms with Crippen molar-refractivity contribution in [2.45, 2.75) is 0 Å². The van der Waals surface area contributed by atoms with Gasteiger partial charge in [0, 0.05) is 16.2 Å². The second-order valence-electron chi connectivity index (χ2n) is 2.17. The molecule has 0 aliphatic heterocycles. The van der Waals surface area contributed by atoms with Crippen LogP contribution in [-0.2, 0) is 0 Å². The van der Waals surface area contributed by atoms with Gasteiger partial charge >= 0.3 is 0 Å². The average molecular weight is 158 g/mol. The molecule has 1 aromatic heterocycles. The summed E-state index contributed by atoms with van der Waals surface area (Å²) in [5.74, 6) is 0. The summed E-state index contributed by atoms with van der Waals surface area (Å²) in [6.45, 7) is 0. The molecular weight excluding hydrogens is 154 g/mol. The average Bonchev–Trinajstić information content (AvgIpc) is 2.50. The molecule has 1 nitrogen and oxygen atoms in total. The molecule has 2 rings (SSSR count). The fraction of sp³-hybridized carbons (Fsp3) is 0. The minimum Gasteiger partial charge on any atom is -0.192 e. The van der Waals surface area contributed by atoms with Crippen LogP contribution in [0.25, 0.3) is 10.1 Å². The highest BCUT2D eigenvalue weighted by Crippen LogP contribution is 2.22. The summed E-state index contributed by atoms with van der Waals surface area (Å²) in [6.07, 6.45) is 0. The van der Waals surface area contributed by atoms with Crippen LogP contribution in [-0.4, -0.2) is 0 Å². The van der Waals surface area contributed by atoms with E-state index in [0.29, 0.717) is 5.56 Å². The standard InChI is InChI=1S/C9H4NS/c10-6-7-2-1-3-9-8(7)4-5-11-9/h1-3,5H. The van der Waals surface area contributed by atoms with Crippen LogP contribution >= 0.6 is 11.3 Å². The van der Waals surface area contributed by atoms with Crippen molar-refractivity contribution in [3.05, 3.63) is 35.2 Å². The smallest absolute Gasteiger partial charge is 0.0998 e. The van der Waals surface area contributed by atoms with E-state index >= 15 is 0 Å². The number of nitrogens with zero attached hydrogens (tertiary/aromatic N) is 1. The molecule has 0 N–H and O–H groups in total. The third-order valence-corrected chi connectivity index (χ3v) is 2.37. The highest BCUT2D eigenvalue weighted by molar-refractivity contribution is 7.17. The van der Waals surface area contributed by atoms with Gasteiger partial charge in [-0.3, -0.25) is 0 Å². The number of rotatable bonds is 0. The lowest BCUT2D eigenvalue weighted by atomic mass is 10.1. The molecule has 0 saturated heterocycles.